The van der Waals surface area contributed by atoms with Crippen LogP contribution in [0.5, 0.6) is 5.75 Å². The van der Waals surface area contributed by atoms with E-state index in [2.05, 4.69) is 41.8 Å². The van der Waals surface area contributed by atoms with Crippen LogP contribution in [0.15, 0.2) is 42.5 Å². The number of hydrogen-bond donors (Lipinski definition) is 1. The molecule has 0 spiro atoms. The number of rotatable bonds is 7. The van der Waals surface area contributed by atoms with Crippen molar-refractivity contribution in [3.05, 3.63) is 64.2 Å². The molecule has 1 saturated heterocycles. The van der Waals surface area contributed by atoms with Crippen LogP contribution in [-0.2, 0) is 6.54 Å². The minimum Gasteiger partial charge on any atom is -0.491 e. The number of benzene rings is 2. The van der Waals surface area contributed by atoms with Crippen molar-refractivity contribution in [2.24, 2.45) is 0 Å². The normalized spacial score (nSPS) is 17.0. The maximum Gasteiger partial charge on any atom is 0.119 e. The van der Waals surface area contributed by atoms with Crippen LogP contribution in [0.4, 0.5) is 0 Å². The third kappa shape index (κ3) is 6.51. The molecule has 0 saturated carbocycles. The Balaban J connectivity index is 1.38. The highest BCUT2D eigenvalue weighted by atomic mass is 35.5. The van der Waals surface area contributed by atoms with Crippen LogP contribution in [0.3, 0.4) is 0 Å². The Kier molecular flexibility index (Phi) is 7.13. The van der Waals surface area contributed by atoms with E-state index < -0.39 is 6.10 Å². The molecule has 146 valence electrons. The second-order valence-corrected chi connectivity index (χ2v) is 7.93. The number of β-amino-alcohol motifs (C(OH)–C–C–N with tert-alkyl or cyclic N) is 1. The summed E-state index contributed by atoms with van der Waals surface area (Å²) >= 11 is 5.95. The lowest BCUT2D eigenvalue weighted by atomic mass is 10.1. The Morgan fingerprint density at radius 1 is 0.963 bits per heavy atom. The summed E-state index contributed by atoms with van der Waals surface area (Å²) in [6, 6.07) is 14.2. The van der Waals surface area contributed by atoms with Crippen LogP contribution in [-0.4, -0.2) is 60.3 Å². The lowest BCUT2D eigenvalue weighted by Crippen LogP contribution is -2.48. The molecule has 0 aromatic heterocycles. The number of aliphatic hydroxyl groups excluding tert-OH is 1. The summed E-state index contributed by atoms with van der Waals surface area (Å²) in [4.78, 5) is 4.76. The van der Waals surface area contributed by atoms with Crippen molar-refractivity contribution in [1.29, 1.82) is 0 Å². The molecule has 3 rings (SSSR count). The van der Waals surface area contributed by atoms with Gasteiger partial charge in [-0.1, -0.05) is 29.8 Å². The summed E-state index contributed by atoms with van der Waals surface area (Å²) in [5, 5.41) is 11.1. The molecule has 1 fully saturated rings. The number of ether oxygens (including phenoxy) is 1. The first-order valence-corrected chi connectivity index (χ1v) is 9.94. The summed E-state index contributed by atoms with van der Waals surface area (Å²) < 4.78 is 5.78. The van der Waals surface area contributed by atoms with Gasteiger partial charge in [0, 0.05) is 44.3 Å². The second kappa shape index (κ2) is 9.56. The highest BCUT2D eigenvalue weighted by Gasteiger charge is 2.19. The standard InChI is InChI=1S/C22H29ClN2O2/c1-17-11-18(2)13-22(12-17)27-16-21(26)15-25-9-7-24(8-10-25)14-19-3-5-20(23)6-4-19/h3-6,11-13,21,26H,7-10,14-16H2,1-2H3. The Labute approximate surface area is 167 Å². The average molecular weight is 389 g/mol. The topological polar surface area (TPSA) is 35.9 Å². The predicted molar refractivity (Wildman–Crippen MR) is 111 cm³/mol. The Morgan fingerprint density at radius 3 is 2.19 bits per heavy atom. The van der Waals surface area contributed by atoms with Crippen LogP contribution in [0.25, 0.3) is 0 Å². The number of halogens is 1. The monoisotopic (exact) mass is 388 g/mol. The van der Waals surface area contributed by atoms with E-state index in [-0.39, 0.29) is 0 Å². The number of aryl methyl sites for hydroxylation is 2. The zero-order valence-corrected chi connectivity index (χ0v) is 17.0. The Morgan fingerprint density at radius 2 is 1.56 bits per heavy atom. The second-order valence-electron chi connectivity index (χ2n) is 7.49. The van der Waals surface area contributed by atoms with Gasteiger partial charge in [-0.25, -0.2) is 0 Å². The third-order valence-electron chi connectivity index (χ3n) is 4.89. The van der Waals surface area contributed by atoms with Gasteiger partial charge in [-0.15, -0.1) is 0 Å². The van der Waals surface area contributed by atoms with Crippen molar-refractivity contribution in [3.63, 3.8) is 0 Å². The molecule has 1 atom stereocenters. The zero-order valence-electron chi connectivity index (χ0n) is 16.2. The summed E-state index contributed by atoms with van der Waals surface area (Å²) in [6.45, 7) is 9.99. The fraction of sp³-hybridized carbons (Fsp3) is 0.455. The highest BCUT2D eigenvalue weighted by Crippen LogP contribution is 2.17. The average Bonchev–Trinajstić information content (AvgIpc) is 2.63. The molecular formula is C22H29ClN2O2. The van der Waals surface area contributed by atoms with Gasteiger partial charge in [0.15, 0.2) is 0 Å². The molecule has 0 radical (unpaired) electrons. The molecule has 2 aromatic carbocycles. The molecule has 4 nitrogen and oxygen atoms in total. The quantitative estimate of drug-likeness (QED) is 0.787. The van der Waals surface area contributed by atoms with Crippen LogP contribution < -0.4 is 4.74 Å². The Hall–Kier alpha value is -1.59. The summed E-state index contributed by atoms with van der Waals surface area (Å²) in [5.74, 6) is 0.833. The smallest absolute Gasteiger partial charge is 0.119 e. The summed E-state index contributed by atoms with van der Waals surface area (Å²) in [7, 11) is 0. The number of nitrogens with zero attached hydrogens (tertiary/aromatic N) is 2. The first-order chi connectivity index (χ1) is 13.0. The SMILES string of the molecule is Cc1cc(C)cc(OCC(O)CN2CCN(Cc3ccc(Cl)cc3)CC2)c1. The fourth-order valence-electron chi connectivity index (χ4n) is 3.54. The molecule has 1 N–H and O–H groups in total. The number of hydrogen-bond acceptors (Lipinski definition) is 4. The van der Waals surface area contributed by atoms with Gasteiger partial charge in [0.25, 0.3) is 0 Å². The van der Waals surface area contributed by atoms with Gasteiger partial charge in [0.1, 0.15) is 18.5 Å². The van der Waals surface area contributed by atoms with E-state index in [0.717, 1.165) is 43.5 Å². The lowest BCUT2D eigenvalue weighted by molar-refractivity contribution is 0.0446. The molecule has 1 unspecified atom stereocenters. The van der Waals surface area contributed by atoms with E-state index in [1.54, 1.807) is 0 Å². The maximum atomic E-state index is 10.3. The van der Waals surface area contributed by atoms with Gasteiger partial charge in [-0.05, 0) is 54.8 Å². The first-order valence-electron chi connectivity index (χ1n) is 9.56. The predicted octanol–water partition coefficient (Wildman–Crippen LogP) is 3.51. The van der Waals surface area contributed by atoms with Crippen molar-refractivity contribution >= 4 is 11.6 Å². The summed E-state index contributed by atoms with van der Waals surface area (Å²) in [5.41, 5.74) is 3.64. The maximum absolute atomic E-state index is 10.3. The molecule has 0 aliphatic carbocycles. The molecule has 1 heterocycles. The molecule has 1 aliphatic rings. The van der Waals surface area contributed by atoms with Crippen LogP contribution >= 0.6 is 11.6 Å². The number of piperazine rings is 1. The molecular weight excluding hydrogens is 360 g/mol. The van der Waals surface area contributed by atoms with E-state index in [9.17, 15) is 5.11 Å². The van der Waals surface area contributed by atoms with Crippen molar-refractivity contribution < 1.29 is 9.84 Å². The minimum atomic E-state index is -0.478. The minimum absolute atomic E-state index is 0.327. The van der Waals surface area contributed by atoms with E-state index in [4.69, 9.17) is 16.3 Å². The zero-order chi connectivity index (χ0) is 19.2. The van der Waals surface area contributed by atoms with Crippen molar-refractivity contribution in [3.8, 4) is 5.75 Å². The van der Waals surface area contributed by atoms with Gasteiger partial charge in [0.2, 0.25) is 0 Å². The van der Waals surface area contributed by atoms with Crippen LogP contribution in [0.1, 0.15) is 16.7 Å². The van der Waals surface area contributed by atoms with E-state index >= 15 is 0 Å². The Bertz CT molecular complexity index is 707. The first kappa shape index (κ1) is 20.2. The van der Waals surface area contributed by atoms with Gasteiger partial charge in [-0.3, -0.25) is 9.80 Å². The third-order valence-corrected chi connectivity index (χ3v) is 5.14. The van der Waals surface area contributed by atoms with E-state index in [1.807, 2.05) is 24.3 Å². The largest absolute Gasteiger partial charge is 0.491 e. The van der Waals surface area contributed by atoms with Crippen LogP contribution in [0, 0.1) is 13.8 Å². The van der Waals surface area contributed by atoms with Gasteiger partial charge < -0.3 is 9.84 Å². The van der Waals surface area contributed by atoms with E-state index in [1.165, 1.54) is 16.7 Å². The molecule has 1 aliphatic heterocycles. The van der Waals surface area contributed by atoms with Crippen molar-refractivity contribution in [2.45, 2.75) is 26.5 Å². The summed E-state index contributed by atoms with van der Waals surface area (Å²) in [6.07, 6.45) is -0.478. The molecule has 5 heteroatoms. The van der Waals surface area contributed by atoms with Gasteiger partial charge in [-0.2, -0.15) is 0 Å². The molecule has 2 aromatic rings. The highest BCUT2D eigenvalue weighted by molar-refractivity contribution is 6.30. The van der Waals surface area contributed by atoms with Gasteiger partial charge >= 0.3 is 0 Å². The van der Waals surface area contributed by atoms with Gasteiger partial charge in [0.05, 0.1) is 0 Å². The number of aliphatic hydroxyl groups is 1. The van der Waals surface area contributed by atoms with E-state index in [0.29, 0.717) is 13.2 Å². The van der Waals surface area contributed by atoms with Crippen molar-refractivity contribution in [1.82, 2.24) is 9.80 Å². The molecule has 0 bridgehead atoms. The molecule has 0 amide bonds. The van der Waals surface area contributed by atoms with Crippen LogP contribution in [0.2, 0.25) is 5.02 Å². The molecule has 27 heavy (non-hydrogen) atoms. The fourth-order valence-corrected chi connectivity index (χ4v) is 3.66. The van der Waals surface area contributed by atoms with Crippen molar-refractivity contribution in [2.75, 3.05) is 39.3 Å². The lowest BCUT2D eigenvalue weighted by Gasteiger charge is -2.35.